The van der Waals surface area contributed by atoms with Crippen molar-refractivity contribution >= 4 is 6.09 Å². The van der Waals surface area contributed by atoms with E-state index in [0.29, 0.717) is 5.69 Å². The number of hydrogen-bond donors (Lipinski definition) is 3. The number of aromatic nitrogens is 3. The Morgan fingerprint density at radius 2 is 1.37 bits per heavy atom. The van der Waals surface area contributed by atoms with E-state index in [1.54, 1.807) is 25.5 Å². The Morgan fingerprint density at radius 1 is 0.886 bits per heavy atom. The number of nitrogens with zero attached hydrogens (tertiary/aromatic N) is 3. The molecule has 0 radical (unpaired) electrons. The lowest BCUT2D eigenvalue weighted by atomic mass is 9.96. The summed E-state index contributed by atoms with van der Waals surface area (Å²) >= 11 is 0. The zero-order chi connectivity index (χ0) is 26.0. The highest BCUT2D eigenvalue weighted by Crippen LogP contribution is 2.15. The maximum Gasteiger partial charge on any atom is 0.408 e. The van der Waals surface area contributed by atoms with E-state index < -0.39 is 30.4 Å². The highest BCUT2D eigenvalue weighted by Gasteiger charge is 2.34. The third kappa shape index (κ3) is 15.1. The number of carbonyl (C=O) groups excluding carboxylic acids is 1. The van der Waals surface area contributed by atoms with E-state index in [1.807, 2.05) is 6.20 Å². The van der Waals surface area contributed by atoms with Gasteiger partial charge in [-0.25, -0.2) is 4.79 Å². The minimum absolute atomic E-state index is 0.165. The number of aliphatic hydroxyl groups is 2. The Kier molecular flexibility index (Phi) is 15.9. The number of aryl methyl sites for hydroxylation is 1. The second kappa shape index (κ2) is 17.7. The molecule has 1 amide bonds. The number of rotatable bonds is 20. The molecule has 35 heavy (non-hydrogen) atoms. The van der Waals surface area contributed by atoms with Gasteiger partial charge in [0.15, 0.2) is 0 Å². The molecular weight excluding hydrogens is 444 g/mol. The maximum atomic E-state index is 12.1. The lowest BCUT2D eigenvalue weighted by Gasteiger charge is -2.31. The van der Waals surface area contributed by atoms with Crippen molar-refractivity contribution in [1.29, 1.82) is 0 Å². The van der Waals surface area contributed by atoms with E-state index in [2.05, 4.69) is 22.6 Å². The molecule has 3 N–H and O–H groups in total. The number of carbonyl (C=O) groups is 1. The summed E-state index contributed by atoms with van der Waals surface area (Å²) in [5.41, 5.74) is -1.31. The molecule has 0 bridgehead atoms. The molecule has 1 heterocycles. The first kappa shape index (κ1) is 31.4. The Labute approximate surface area is 213 Å². The van der Waals surface area contributed by atoms with Crippen molar-refractivity contribution in [3.8, 4) is 0 Å². The van der Waals surface area contributed by atoms with Gasteiger partial charge in [0.2, 0.25) is 0 Å². The standard InChI is InChI=1S/C27H52N4O4/c1-5-6-7-8-9-10-11-12-13-14-15-16-17-18-19-31-21-24(29-30-31)20-27(22-32,23-33)28-25(34)35-26(2,3)4/h21,32-33H,5-20,22-23H2,1-4H3,(H,28,34). The quantitative estimate of drug-likeness (QED) is 0.204. The first-order valence-corrected chi connectivity index (χ1v) is 13.9. The Balaban J connectivity index is 2.20. The van der Waals surface area contributed by atoms with Gasteiger partial charge >= 0.3 is 6.09 Å². The normalized spacial score (nSPS) is 12.2. The molecule has 0 saturated heterocycles. The maximum absolute atomic E-state index is 12.1. The summed E-state index contributed by atoms with van der Waals surface area (Å²) < 4.78 is 7.05. The van der Waals surface area contributed by atoms with Gasteiger partial charge in [-0.3, -0.25) is 4.68 Å². The molecule has 0 aliphatic heterocycles. The number of amides is 1. The van der Waals surface area contributed by atoms with E-state index >= 15 is 0 Å². The number of hydrogen-bond acceptors (Lipinski definition) is 6. The van der Waals surface area contributed by atoms with E-state index in [4.69, 9.17) is 4.74 Å². The average Bonchev–Trinajstić information content (AvgIpc) is 3.24. The topological polar surface area (TPSA) is 110 Å². The SMILES string of the molecule is CCCCCCCCCCCCCCCCn1cc(CC(CO)(CO)NC(=O)OC(C)(C)C)nn1. The van der Waals surface area contributed by atoms with Gasteiger partial charge in [-0.05, 0) is 27.2 Å². The zero-order valence-corrected chi connectivity index (χ0v) is 22.9. The van der Waals surface area contributed by atoms with Crippen molar-refractivity contribution < 1.29 is 19.7 Å². The van der Waals surface area contributed by atoms with Gasteiger partial charge in [0.05, 0.1) is 24.4 Å². The monoisotopic (exact) mass is 496 g/mol. The van der Waals surface area contributed by atoms with Crippen LogP contribution in [0.15, 0.2) is 6.20 Å². The fourth-order valence-electron chi connectivity index (χ4n) is 4.15. The van der Waals surface area contributed by atoms with Crippen LogP contribution in [0.1, 0.15) is 123 Å². The van der Waals surface area contributed by atoms with Crippen LogP contribution in [0.4, 0.5) is 4.79 Å². The van der Waals surface area contributed by atoms with Crippen molar-refractivity contribution in [3.05, 3.63) is 11.9 Å². The Bertz CT molecular complexity index is 668. The molecule has 204 valence electrons. The van der Waals surface area contributed by atoms with Crippen molar-refractivity contribution in [3.63, 3.8) is 0 Å². The third-order valence-electron chi connectivity index (χ3n) is 6.22. The predicted molar refractivity (Wildman–Crippen MR) is 140 cm³/mol. The zero-order valence-electron chi connectivity index (χ0n) is 22.9. The van der Waals surface area contributed by atoms with E-state index in [-0.39, 0.29) is 6.42 Å². The smallest absolute Gasteiger partial charge is 0.408 e. The van der Waals surface area contributed by atoms with Gasteiger partial charge in [0.1, 0.15) is 5.60 Å². The first-order valence-electron chi connectivity index (χ1n) is 13.9. The largest absolute Gasteiger partial charge is 0.444 e. The first-order chi connectivity index (χ1) is 16.7. The summed E-state index contributed by atoms with van der Waals surface area (Å²) in [6.07, 6.45) is 19.9. The molecule has 1 aromatic heterocycles. The summed E-state index contributed by atoms with van der Waals surface area (Å²) in [5.74, 6) is 0. The van der Waals surface area contributed by atoms with E-state index in [0.717, 1.165) is 13.0 Å². The highest BCUT2D eigenvalue weighted by molar-refractivity contribution is 5.69. The van der Waals surface area contributed by atoms with Gasteiger partial charge in [-0.15, -0.1) is 5.10 Å². The summed E-state index contributed by atoms with van der Waals surface area (Å²) in [4.78, 5) is 12.1. The van der Waals surface area contributed by atoms with Gasteiger partial charge in [0, 0.05) is 19.2 Å². The van der Waals surface area contributed by atoms with E-state index in [1.165, 1.54) is 83.5 Å². The van der Waals surface area contributed by atoms with Gasteiger partial charge in [-0.2, -0.15) is 0 Å². The lowest BCUT2D eigenvalue weighted by Crippen LogP contribution is -2.56. The second-order valence-corrected chi connectivity index (χ2v) is 11.0. The molecule has 0 spiro atoms. The van der Waals surface area contributed by atoms with Crippen molar-refractivity contribution in [2.75, 3.05) is 13.2 Å². The summed E-state index contributed by atoms with van der Waals surface area (Å²) in [6.45, 7) is 7.46. The second-order valence-electron chi connectivity index (χ2n) is 11.0. The molecule has 0 fully saturated rings. The molecule has 0 atom stereocenters. The molecule has 8 nitrogen and oxygen atoms in total. The van der Waals surface area contributed by atoms with E-state index in [9.17, 15) is 15.0 Å². The highest BCUT2D eigenvalue weighted by atomic mass is 16.6. The molecular formula is C27H52N4O4. The average molecular weight is 497 g/mol. The van der Waals surface area contributed by atoms with Crippen LogP contribution in [0.25, 0.3) is 0 Å². The van der Waals surface area contributed by atoms with Crippen LogP contribution in [0.2, 0.25) is 0 Å². The third-order valence-corrected chi connectivity index (χ3v) is 6.22. The summed E-state index contributed by atoms with van der Waals surface area (Å²) in [6, 6.07) is 0. The minimum atomic E-state index is -1.25. The van der Waals surface area contributed by atoms with Gasteiger partial charge < -0.3 is 20.3 Å². The van der Waals surface area contributed by atoms with Crippen LogP contribution >= 0.6 is 0 Å². The molecule has 1 aromatic rings. The number of unbranched alkanes of at least 4 members (excludes halogenated alkanes) is 13. The number of alkyl carbamates (subject to hydrolysis) is 1. The molecule has 1 rings (SSSR count). The van der Waals surface area contributed by atoms with Crippen LogP contribution < -0.4 is 5.32 Å². The van der Waals surface area contributed by atoms with Crippen molar-refractivity contribution in [1.82, 2.24) is 20.3 Å². The molecule has 0 aliphatic rings. The van der Waals surface area contributed by atoms with Crippen LogP contribution in [0.5, 0.6) is 0 Å². The summed E-state index contributed by atoms with van der Waals surface area (Å²) in [5, 5.41) is 30.6. The molecule has 8 heteroatoms. The van der Waals surface area contributed by atoms with Crippen LogP contribution in [0, 0.1) is 0 Å². The van der Waals surface area contributed by atoms with Gasteiger partial charge in [-0.1, -0.05) is 95.6 Å². The van der Waals surface area contributed by atoms with Crippen molar-refractivity contribution in [2.45, 2.75) is 142 Å². The Morgan fingerprint density at radius 3 is 1.83 bits per heavy atom. The lowest BCUT2D eigenvalue weighted by molar-refractivity contribution is 0.0293. The molecule has 0 aliphatic carbocycles. The predicted octanol–water partition coefficient (Wildman–Crippen LogP) is 5.55. The number of aliphatic hydroxyl groups excluding tert-OH is 2. The fourth-order valence-corrected chi connectivity index (χ4v) is 4.15. The van der Waals surface area contributed by atoms with Crippen LogP contribution in [0.3, 0.4) is 0 Å². The fraction of sp³-hybridized carbons (Fsp3) is 0.889. The number of nitrogens with one attached hydrogen (secondary N) is 1. The summed E-state index contributed by atoms with van der Waals surface area (Å²) in [7, 11) is 0. The molecule has 0 unspecified atom stereocenters. The van der Waals surface area contributed by atoms with Gasteiger partial charge in [0.25, 0.3) is 0 Å². The number of ether oxygens (including phenoxy) is 1. The van der Waals surface area contributed by atoms with Crippen LogP contribution in [-0.2, 0) is 17.7 Å². The van der Waals surface area contributed by atoms with Crippen LogP contribution in [-0.4, -0.2) is 55.7 Å². The molecule has 0 aromatic carbocycles. The van der Waals surface area contributed by atoms with Crippen molar-refractivity contribution in [2.24, 2.45) is 0 Å². The Hall–Kier alpha value is -1.67. The minimum Gasteiger partial charge on any atom is -0.444 e. The molecule has 0 saturated carbocycles.